The lowest BCUT2D eigenvalue weighted by Crippen LogP contribution is -2.26. The van der Waals surface area contributed by atoms with Gasteiger partial charge in [-0.15, -0.1) is 0 Å². The van der Waals surface area contributed by atoms with Crippen LogP contribution >= 0.6 is 0 Å². The van der Waals surface area contributed by atoms with Gasteiger partial charge in [0.1, 0.15) is 12.0 Å². The third-order valence-corrected chi connectivity index (χ3v) is 3.37. The number of hydrogen-bond acceptors (Lipinski definition) is 3. The summed E-state index contributed by atoms with van der Waals surface area (Å²) in [7, 11) is 1.61. The molecule has 0 spiro atoms. The quantitative estimate of drug-likeness (QED) is 0.884. The summed E-state index contributed by atoms with van der Waals surface area (Å²) < 4.78 is 12.5. The molecule has 1 unspecified atom stereocenters. The first-order valence-electron chi connectivity index (χ1n) is 6.19. The number of rotatable bonds is 2. The highest BCUT2D eigenvalue weighted by Crippen LogP contribution is 2.26. The molecular formula is C13H16N2O3. The van der Waals surface area contributed by atoms with Crippen LogP contribution in [0.5, 0.6) is 5.75 Å². The van der Waals surface area contributed by atoms with Gasteiger partial charge in [0.05, 0.1) is 18.1 Å². The van der Waals surface area contributed by atoms with E-state index >= 15 is 0 Å². The number of hydrogen-bond donors (Lipinski definition) is 1. The molecule has 2 heterocycles. The second-order valence-corrected chi connectivity index (χ2v) is 4.50. The molecule has 1 aromatic heterocycles. The molecule has 1 N–H and O–H groups in total. The van der Waals surface area contributed by atoms with Gasteiger partial charge in [-0.05, 0) is 31.4 Å². The maximum atomic E-state index is 12.0. The van der Waals surface area contributed by atoms with Crippen LogP contribution in [-0.2, 0) is 4.74 Å². The smallest absolute Gasteiger partial charge is 0.328 e. The molecule has 0 amide bonds. The fourth-order valence-corrected chi connectivity index (χ4v) is 2.45. The number of aromatic nitrogens is 2. The molecular weight excluding hydrogens is 232 g/mol. The van der Waals surface area contributed by atoms with Gasteiger partial charge < -0.3 is 14.5 Å². The summed E-state index contributed by atoms with van der Waals surface area (Å²) in [5, 5.41) is 0. The molecule has 1 aromatic carbocycles. The Hall–Kier alpha value is -1.75. The van der Waals surface area contributed by atoms with Gasteiger partial charge in [-0.1, -0.05) is 0 Å². The summed E-state index contributed by atoms with van der Waals surface area (Å²) in [6, 6.07) is 5.58. The second kappa shape index (κ2) is 4.49. The van der Waals surface area contributed by atoms with Crippen molar-refractivity contribution in [3.8, 4) is 5.75 Å². The normalized spacial score (nSPS) is 20.2. The average molecular weight is 248 g/mol. The van der Waals surface area contributed by atoms with E-state index in [2.05, 4.69) is 4.98 Å². The van der Waals surface area contributed by atoms with Crippen LogP contribution in [0.1, 0.15) is 25.5 Å². The minimum atomic E-state index is -0.145. The molecule has 1 aliphatic rings. The van der Waals surface area contributed by atoms with Gasteiger partial charge in [-0.25, -0.2) is 4.79 Å². The van der Waals surface area contributed by atoms with Crippen molar-refractivity contribution in [1.29, 1.82) is 0 Å². The zero-order valence-corrected chi connectivity index (χ0v) is 10.3. The predicted molar refractivity (Wildman–Crippen MR) is 68.0 cm³/mol. The standard InChI is InChI=1S/C13H16N2O3/c1-17-9-5-6-11-10(8-9)14-13(16)15(11)12-4-2-3-7-18-12/h5-6,8,12H,2-4,7H2,1H3,(H,14,16). The summed E-state index contributed by atoms with van der Waals surface area (Å²) in [6.07, 6.45) is 2.91. The van der Waals surface area contributed by atoms with Crippen LogP contribution < -0.4 is 10.4 Å². The van der Waals surface area contributed by atoms with Crippen LogP contribution in [0.15, 0.2) is 23.0 Å². The van der Waals surface area contributed by atoms with E-state index in [0.29, 0.717) is 0 Å². The van der Waals surface area contributed by atoms with Gasteiger partial charge in [0.25, 0.3) is 0 Å². The van der Waals surface area contributed by atoms with E-state index in [1.807, 2.05) is 18.2 Å². The lowest BCUT2D eigenvalue weighted by molar-refractivity contribution is -0.0313. The molecule has 1 atom stereocenters. The topological polar surface area (TPSA) is 56.2 Å². The van der Waals surface area contributed by atoms with Gasteiger partial charge >= 0.3 is 5.69 Å². The number of H-pyrrole nitrogens is 1. The number of fused-ring (bicyclic) bond motifs is 1. The molecule has 5 nitrogen and oxygen atoms in total. The second-order valence-electron chi connectivity index (χ2n) is 4.50. The van der Waals surface area contributed by atoms with Crippen LogP contribution in [0, 0.1) is 0 Å². The summed E-state index contributed by atoms with van der Waals surface area (Å²) in [5.41, 5.74) is 1.53. The average Bonchev–Trinajstić information content (AvgIpc) is 2.74. The van der Waals surface area contributed by atoms with Crippen LogP contribution in [0.3, 0.4) is 0 Å². The number of nitrogens with one attached hydrogen (secondary N) is 1. The minimum Gasteiger partial charge on any atom is -0.497 e. The van der Waals surface area contributed by atoms with Crippen molar-refractivity contribution >= 4 is 11.0 Å². The maximum absolute atomic E-state index is 12.0. The molecule has 0 saturated carbocycles. The Balaban J connectivity index is 2.10. The SMILES string of the molecule is COc1ccc2c(c1)[nH]c(=O)n2C1CCCCO1. The lowest BCUT2D eigenvalue weighted by atomic mass is 10.2. The van der Waals surface area contributed by atoms with Crippen LogP contribution in [0.4, 0.5) is 0 Å². The fourth-order valence-electron chi connectivity index (χ4n) is 2.45. The van der Waals surface area contributed by atoms with Crippen LogP contribution in [0.2, 0.25) is 0 Å². The monoisotopic (exact) mass is 248 g/mol. The lowest BCUT2D eigenvalue weighted by Gasteiger charge is -2.23. The van der Waals surface area contributed by atoms with Crippen LogP contribution in [-0.4, -0.2) is 23.3 Å². The predicted octanol–water partition coefficient (Wildman–Crippen LogP) is 2.04. The van der Waals surface area contributed by atoms with E-state index in [9.17, 15) is 4.79 Å². The molecule has 5 heteroatoms. The van der Waals surface area contributed by atoms with E-state index in [0.717, 1.165) is 42.7 Å². The Bertz CT molecular complexity index is 608. The zero-order chi connectivity index (χ0) is 12.5. The van der Waals surface area contributed by atoms with Crippen molar-refractivity contribution in [2.75, 3.05) is 13.7 Å². The van der Waals surface area contributed by atoms with E-state index in [1.54, 1.807) is 11.7 Å². The molecule has 1 fully saturated rings. The Morgan fingerprint density at radius 2 is 2.33 bits per heavy atom. The van der Waals surface area contributed by atoms with Gasteiger partial charge in [-0.2, -0.15) is 0 Å². The van der Waals surface area contributed by atoms with Crippen molar-refractivity contribution in [3.05, 3.63) is 28.7 Å². The first-order chi connectivity index (χ1) is 8.79. The number of aromatic amines is 1. The van der Waals surface area contributed by atoms with E-state index in [4.69, 9.17) is 9.47 Å². The summed E-state index contributed by atoms with van der Waals surface area (Å²) >= 11 is 0. The number of imidazole rings is 1. The Kier molecular flexibility index (Phi) is 2.83. The summed E-state index contributed by atoms with van der Waals surface area (Å²) in [6.45, 7) is 0.722. The molecule has 1 saturated heterocycles. The largest absolute Gasteiger partial charge is 0.497 e. The van der Waals surface area contributed by atoms with E-state index < -0.39 is 0 Å². The summed E-state index contributed by atoms with van der Waals surface area (Å²) in [5.74, 6) is 0.737. The molecule has 0 aliphatic carbocycles. The third-order valence-electron chi connectivity index (χ3n) is 3.37. The maximum Gasteiger partial charge on any atom is 0.328 e. The fraction of sp³-hybridized carbons (Fsp3) is 0.462. The molecule has 96 valence electrons. The highest BCUT2D eigenvalue weighted by Gasteiger charge is 2.20. The number of nitrogens with zero attached hydrogens (tertiary/aromatic N) is 1. The van der Waals surface area contributed by atoms with Crippen molar-refractivity contribution in [3.63, 3.8) is 0 Å². The molecule has 0 bridgehead atoms. The van der Waals surface area contributed by atoms with Crippen molar-refractivity contribution < 1.29 is 9.47 Å². The molecule has 1 aliphatic heterocycles. The van der Waals surface area contributed by atoms with Gasteiger partial charge in [0, 0.05) is 12.7 Å². The highest BCUT2D eigenvalue weighted by atomic mass is 16.5. The Morgan fingerprint density at radius 1 is 1.44 bits per heavy atom. The highest BCUT2D eigenvalue weighted by molar-refractivity contribution is 5.77. The Morgan fingerprint density at radius 3 is 3.06 bits per heavy atom. The first-order valence-corrected chi connectivity index (χ1v) is 6.19. The number of ether oxygens (including phenoxy) is 2. The Labute approximate surface area is 104 Å². The number of methoxy groups -OCH3 is 1. The molecule has 18 heavy (non-hydrogen) atoms. The third kappa shape index (κ3) is 1.80. The molecule has 0 radical (unpaired) electrons. The van der Waals surface area contributed by atoms with Crippen LogP contribution in [0.25, 0.3) is 11.0 Å². The van der Waals surface area contributed by atoms with E-state index in [-0.39, 0.29) is 11.9 Å². The van der Waals surface area contributed by atoms with Crippen molar-refractivity contribution in [2.45, 2.75) is 25.5 Å². The first kappa shape index (κ1) is 11.3. The summed E-state index contributed by atoms with van der Waals surface area (Å²) in [4.78, 5) is 14.9. The van der Waals surface area contributed by atoms with Gasteiger partial charge in [0.2, 0.25) is 0 Å². The van der Waals surface area contributed by atoms with Gasteiger partial charge in [-0.3, -0.25) is 4.57 Å². The van der Waals surface area contributed by atoms with Crippen molar-refractivity contribution in [2.24, 2.45) is 0 Å². The minimum absolute atomic E-state index is 0.120. The number of benzene rings is 1. The van der Waals surface area contributed by atoms with Crippen molar-refractivity contribution in [1.82, 2.24) is 9.55 Å². The molecule has 2 aromatic rings. The van der Waals surface area contributed by atoms with E-state index in [1.165, 1.54) is 0 Å². The molecule has 3 rings (SSSR count). The van der Waals surface area contributed by atoms with Gasteiger partial charge in [0.15, 0.2) is 0 Å². The zero-order valence-electron chi connectivity index (χ0n) is 10.3.